The van der Waals surface area contributed by atoms with E-state index < -0.39 is 12.2 Å². The van der Waals surface area contributed by atoms with Gasteiger partial charge in [-0.05, 0) is 16.7 Å². The fraction of sp³-hybridized carbons (Fsp3) is 0.467. The summed E-state index contributed by atoms with van der Waals surface area (Å²) in [5.74, 6) is 0.0459. The molecule has 4 nitrogen and oxygen atoms in total. The number of aliphatic hydroxyl groups is 3. The number of hydrogen-bond donors (Lipinski definition) is 3. The molecule has 0 aromatic heterocycles. The Morgan fingerprint density at radius 1 is 1.21 bits per heavy atom. The van der Waals surface area contributed by atoms with Crippen LogP contribution in [0.4, 0.5) is 0 Å². The first-order valence-electron chi connectivity index (χ1n) is 6.60. The Kier molecular flexibility index (Phi) is 3.41. The first-order chi connectivity index (χ1) is 9.24. The van der Waals surface area contributed by atoms with Crippen LogP contribution >= 0.6 is 0 Å². The highest BCUT2D eigenvalue weighted by molar-refractivity contribution is 5.75. The van der Waals surface area contributed by atoms with Crippen molar-refractivity contribution in [2.75, 3.05) is 13.2 Å². The fourth-order valence-corrected chi connectivity index (χ4v) is 3.08. The molecule has 1 aromatic carbocycles. The second-order valence-corrected chi connectivity index (χ2v) is 5.16. The lowest BCUT2D eigenvalue weighted by Gasteiger charge is -2.18. The first-order valence-corrected chi connectivity index (χ1v) is 6.60. The van der Waals surface area contributed by atoms with Crippen molar-refractivity contribution in [2.24, 2.45) is 0 Å². The molecule has 0 amide bonds. The predicted molar refractivity (Wildman–Crippen MR) is 70.6 cm³/mol. The summed E-state index contributed by atoms with van der Waals surface area (Å²) >= 11 is 0. The van der Waals surface area contributed by atoms with Crippen molar-refractivity contribution >= 4 is 5.57 Å². The van der Waals surface area contributed by atoms with E-state index in [2.05, 4.69) is 0 Å². The monoisotopic (exact) mass is 262 g/mol. The molecule has 1 aliphatic carbocycles. The van der Waals surface area contributed by atoms with Gasteiger partial charge < -0.3 is 20.1 Å². The fourth-order valence-electron chi connectivity index (χ4n) is 3.08. The number of benzene rings is 1. The molecule has 19 heavy (non-hydrogen) atoms. The lowest BCUT2D eigenvalue weighted by Crippen LogP contribution is -2.24. The van der Waals surface area contributed by atoms with Gasteiger partial charge in [0.25, 0.3) is 0 Å². The Morgan fingerprint density at radius 3 is 2.68 bits per heavy atom. The van der Waals surface area contributed by atoms with Gasteiger partial charge in [0.05, 0.1) is 25.4 Å². The molecule has 4 heteroatoms. The molecule has 0 radical (unpaired) electrons. The summed E-state index contributed by atoms with van der Waals surface area (Å²) in [5, 5.41) is 28.4. The molecule has 4 atom stereocenters. The molecule has 102 valence electrons. The van der Waals surface area contributed by atoms with Crippen molar-refractivity contribution in [3.05, 3.63) is 41.5 Å². The van der Waals surface area contributed by atoms with Gasteiger partial charge in [-0.3, -0.25) is 0 Å². The number of ether oxygens (including phenoxy) is 1. The van der Waals surface area contributed by atoms with Crippen LogP contribution in [0.1, 0.15) is 23.5 Å². The molecule has 2 aliphatic rings. The van der Waals surface area contributed by atoms with Crippen LogP contribution in [0, 0.1) is 0 Å². The standard InChI is InChI=1S/C15H18O4/c16-7-9-5-12(11-4-2-1-3-10(9)11)14-6-13(18)15(8-17)19-14/h1-5,12-18H,6-8H2. The maximum absolute atomic E-state index is 9.84. The van der Waals surface area contributed by atoms with Crippen molar-refractivity contribution in [3.63, 3.8) is 0 Å². The summed E-state index contributed by atoms with van der Waals surface area (Å²) in [6.45, 7) is -0.158. The Balaban J connectivity index is 1.89. The van der Waals surface area contributed by atoms with Gasteiger partial charge >= 0.3 is 0 Å². The van der Waals surface area contributed by atoms with Crippen LogP contribution in [-0.4, -0.2) is 46.8 Å². The largest absolute Gasteiger partial charge is 0.394 e. The van der Waals surface area contributed by atoms with Gasteiger partial charge in [-0.25, -0.2) is 0 Å². The summed E-state index contributed by atoms with van der Waals surface area (Å²) in [6.07, 6.45) is 1.27. The van der Waals surface area contributed by atoms with E-state index in [4.69, 9.17) is 9.84 Å². The third-order valence-corrected chi connectivity index (χ3v) is 4.05. The van der Waals surface area contributed by atoms with Gasteiger partial charge in [0.1, 0.15) is 6.10 Å². The SMILES string of the molecule is OCC1=CC(C2CC(O)C(CO)O2)c2ccccc21. The lowest BCUT2D eigenvalue weighted by molar-refractivity contribution is -0.0249. The minimum Gasteiger partial charge on any atom is -0.394 e. The van der Waals surface area contributed by atoms with E-state index in [-0.39, 0.29) is 25.2 Å². The van der Waals surface area contributed by atoms with E-state index in [9.17, 15) is 10.2 Å². The van der Waals surface area contributed by atoms with Gasteiger partial charge in [0.15, 0.2) is 0 Å². The topological polar surface area (TPSA) is 69.9 Å². The minimum atomic E-state index is -0.617. The Hall–Kier alpha value is -1.20. The number of aliphatic hydroxyl groups excluding tert-OH is 3. The molecule has 1 aromatic rings. The van der Waals surface area contributed by atoms with Crippen molar-refractivity contribution < 1.29 is 20.1 Å². The molecule has 4 unspecified atom stereocenters. The van der Waals surface area contributed by atoms with E-state index in [1.165, 1.54) is 0 Å². The van der Waals surface area contributed by atoms with E-state index in [1.54, 1.807) is 0 Å². The molecule has 1 saturated heterocycles. The average Bonchev–Trinajstić information content (AvgIpc) is 2.99. The number of rotatable bonds is 3. The summed E-state index contributed by atoms with van der Waals surface area (Å²) < 4.78 is 5.73. The third-order valence-electron chi connectivity index (χ3n) is 4.05. The predicted octanol–water partition coefficient (Wildman–Crippen LogP) is 0.670. The van der Waals surface area contributed by atoms with Crippen molar-refractivity contribution in [1.29, 1.82) is 0 Å². The Bertz CT molecular complexity index is 497. The highest BCUT2D eigenvalue weighted by Gasteiger charge is 2.40. The van der Waals surface area contributed by atoms with Crippen molar-refractivity contribution in [1.82, 2.24) is 0 Å². The zero-order chi connectivity index (χ0) is 13.4. The van der Waals surface area contributed by atoms with Gasteiger partial charge in [0, 0.05) is 12.3 Å². The molecule has 1 fully saturated rings. The van der Waals surface area contributed by atoms with E-state index in [0.29, 0.717) is 6.42 Å². The number of fused-ring (bicyclic) bond motifs is 1. The van der Waals surface area contributed by atoms with Gasteiger partial charge in [0.2, 0.25) is 0 Å². The molecule has 1 heterocycles. The molecule has 0 bridgehead atoms. The smallest absolute Gasteiger partial charge is 0.107 e. The first kappa shape index (κ1) is 12.8. The Labute approximate surface area is 112 Å². The normalized spacial score (nSPS) is 33.3. The van der Waals surface area contributed by atoms with Crippen LogP contribution < -0.4 is 0 Å². The maximum Gasteiger partial charge on any atom is 0.107 e. The maximum atomic E-state index is 9.84. The van der Waals surface area contributed by atoms with Crippen LogP contribution in [0.15, 0.2) is 30.3 Å². The van der Waals surface area contributed by atoms with Crippen molar-refractivity contribution in [3.8, 4) is 0 Å². The highest BCUT2D eigenvalue weighted by atomic mass is 16.5. The molecular weight excluding hydrogens is 244 g/mol. The van der Waals surface area contributed by atoms with Crippen LogP contribution in [0.25, 0.3) is 5.57 Å². The van der Waals surface area contributed by atoms with Crippen LogP contribution in [0.3, 0.4) is 0 Å². The van der Waals surface area contributed by atoms with Gasteiger partial charge in [-0.1, -0.05) is 30.3 Å². The van der Waals surface area contributed by atoms with Gasteiger partial charge in [-0.2, -0.15) is 0 Å². The zero-order valence-corrected chi connectivity index (χ0v) is 10.6. The summed E-state index contributed by atoms with van der Waals surface area (Å²) in [7, 11) is 0. The zero-order valence-electron chi connectivity index (χ0n) is 10.6. The van der Waals surface area contributed by atoms with E-state index >= 15 is 0 Å². The summed E-state index contributed by atoms with van der Waals surface area (Å²) in [6, 6.07) is 7.94. The molecule has 1 aliphatic heterocycles. The second kappa shape index (κ2) is 5.06. The molecule has 3 N–H and O–H groups in total. The summed E-state index contributed by atoms with van der Waals surface area (Å²) in [5.41, 5.74) is 3.09. The molecule has 0 saturated carbocycles. The quantitative estimate of drug-likeness (QED) is 0.749. The second-order valence-electron chi connectivity index (χ2n) is 5.16. The van der Waals surface area contributed by atoms with Crippen molar-refractivity contribution in [2.45, 2.75) is 30.7 Å². The lowest BCUT2D eigenvalue weighted by atomic mass is 9.93. The van der Waals surface area contributed by atoms with Crippen LogP contribution in [-0.2, 0) is 4.74 Å². The van der Waals surface area contributed by atoms with Crippen LogP contribution in [0.2, 0.25) is 0 Å². The number of hydrogen-bond acceptors (Lipinski definition) is 4. The van der Waals surface area contributed by atoms with Gasteiger partial charge in [-0.15, -0.1) is 0 Å². The molecular formula is C15H18O4. The molecule has 3 rings (SSSR count). The third kappa shape index (κ3) is 2.11. The summed E-state index contributed by atoms with van der Waals surface area (Å²) in [4.78, 5) is 0. The van der Waals surface area contributed by atoms with Crippen LogP contribution in [0.5, 0.6) is 0 Å². The van der Waals surface area contributed by atoms with E-state index in [0.717, 1.165) is 16.7 Å². The average molecular weight is 262 g/mol. The highest BCUT2D eigenvalue weighted by Crippen LogP contribution is 2.42. The molecule has 0 spiro atoms. The van der Waals surface area contributed by atoms with E-state index in [1.807, 2.05) is 30.3 Å². The minimum absolute atomic E-state index is 0.00617. The Morgan fingerprint density at radius 2 is 2.00 bits per heavy atom.